The highest BCUT2D eigenvalue weighted by Crippen LogP contribution is 2.39. The molecule has 5 nitrogen and oxygen atoms in total. The molecule has 2 aliphatic rings. The number of aromatic nitrogens is 3. The van der Waals surface area contributed by atoms with Crippen LogP contribution in [0.2, 0.25) is 0 Å². The molecular formula is C14H21N3O2. The third-order valence-corrected chi connectivity index (χ3v) is 4.67. The summed E-state index contributed by atoms with van der Waals surface area (Å²) in [7, 11) is 0. The van der Waals surface area contributed by atoms with E-state index in [4.69, 9.17) is 0 Å². The standard InChI is InChI=1S/C14H21N3O2/c18-14(19)11-8-4-7-10(11)13-15-12(16-17-13)9-5-2-1-3-6-9/h9-11H,1-8H2,(H,18,19)(H,15,16,17). The van der Waals surface area contributed by atoms with Crippen LogP contribution in [0.1, 0.15) is 74.9 Å². The lowest BCUT2D eigenvalue weighted by Gasteiger charge is -2.18. The molecule has 1 aromatic rings. The Labute approximate surface area is 112 Å². The van der Waals surface area contributed by atoms with Crippen LogP contribution in [-0.4, -0.2) is 26.3 Å². The van der Waals surface area contributed by atoms with Gasteiger partial charge >= 0.3 is 5.97 Å². The van der Waals surface area contributed by atoms with Crippen LogP contribution in [0.5, 0.6) is 0 Å². The number of nitrogens with one attached hydrogen (secondary N) is 1. The minimum absolute atomic E-state index is 0.0299. The van der Waals surface area contributed by atoms with Crippen molar-refractivity contribution < 1.29 is 9.90 Å². The van der Waals surface area contributed by atoms with Gasteiger partial charge in [0.2, 0.25) is 0 Å². The molecule has 2 aliphatic carbocycles. The van der Waals surface area contributed by atoms with Crippen LogP contribution in [0, 0.1) is 5.92 Å². The Balaban J connectivity index is 1.75. The average Bonchev–Trinajstić information content (AvgIpc) is 3.08. The molecule has 0 amide bonds. The van der Waals surface area contributed by atoms with Crippen LogP contribution in [0.3, 0.4) is 0 Å². The predicted molar refractivity (Wildman–Crippen MR) is 69.9 cm³/mol. The van der Waals surface area contributed by atoms with Crippen LogP contribution in [0.15, 0.2) is 0 Å². The zero-order chi connectivity index (χ0) is 13.2. The number of hydrogen-bond acceptors (Lipinski definition) is 3. The molecular weight excluding hydrogens is 242 g/mol. The Bertz CT molecular complexity index is 451. The lowest BCUT2D eigenvalue weighted by molar-refractivity contribution is -0.142. The minimum Gasteiger partial charge on any atom is -0.481 e. The van der Waals surface area contributed by atoms with Crippen LogP contribution in [0.25, 0.3) is 0 Å². The number of rotatable bonds is 3. The second-order valence-electron chi connectivity index (χ2n) is 5.90. The molecule has 2 unspecified atom stereocenters. The van der Waals surface area contributed by atoms with Crippen molar-refractivity contribution in [3.05, 3.63) is 11.6 Å². The predicted octanol–water partition coefficient (Wildman–Crippen LogP) is 2.82. The van der Waals surface area contributed by atoms with Gasteiger partial charge in [0, 0.05) is 11.8 Å². The first-order valence-electron chi connectivity index (χ1n) is 7.40. The van der Waals surface area contributed by atoms with Gasteiger partial charge in [-0.2, -0.15) is 5.10 Å². The monoisotopic (exact) mass is 263 g/mol. The van der Waals surface area contributed by atoms with Gasteiger partial charge in [-0.3, -0.25) is 9.89 Å². The third-order valence-electron chi connectivity index (χ3n) is 4.67. The molecule has 19 heavy (non-hydrogen) atoms. The topological polar surface area (TPSA) is 78.9 Å². The fourth-order valence-electron chi connectivity index (χ4n) is 3.58. The van der Waals surface area contributed by atoms with Crippen molar-refractivity contribution in [1.29, 1.82) is 0 Å². The Morgan fingerprint density at radius 2 is 1.89 bits per heavy atom. The maximum Gasteiger partial charge on any atom is 0.307 e. The molecule has 0 bridgehead atoms. The van der Waals surface area contributed by atoms with E-state index < -0.39 is 5.97 Å². The fraction of sp³-hybridized carbons (Fsp3) is 0.786. The summed E-state index contributed by atoms with van der Waals surface area (Å²) in [6, 6.07) is 0. The molecule has 1 heterocycles. The van der Waals surface area contributed by atoms with Crippen molar-refractivity contribution in [1.82, 2.24) is 15.2 Å². The summed E-state index contributed by atoms with van der Waals surface area (Å²) < 4.78 is 0. The van der Waals surface area contributed by atoms with E-state index in [9.17, 15) is 9.90 Å². The summed E-state index contributed by atoms with van der Waals surface area (Å²) in [5.41, 5.74) is 0. The molecule has 0 aromatic carbocycles. The minimum atomic E-state index is -0.696. The summed E-state index contributed by atoms with van der Waals surface area (Å²) in [5, 5.41) is 16.6. The van der Waals surface area contributed by atoms with E-state index >= 15 is 0 Å². The number of carbonyl (C=O) groups is 1. The van der Waals surface area contributed by atoms with E-state index in [0.717, 1.165) is 30.9 Å². The normalized spacial score (nSPS) is 28.6. The van der Waals surface area contributed by atoms with Crippen LogP contribution in [-0.2, 0) is 4.79 Å². The first-order valence-corrected chi connectivity index (χ1v) is 7.40. The van der Waals surface area contributed by atoms with Gasteiger partial charge in [-0.1, -0.05) is 25.7 Å². The number of H-pyrrole nitrogens is 1. The van der Waals surface area contributed by atoms with Crippen LogP contribution in [0.4, 0.5) is 0 Å². The molecule has 1 aromatic heterocycles. The van der Waals surface area contributed by atoms with Gasteiger partial charge in [-0.05, 0) is 25.7 Å². The molecule has 2 atom stereocenters. The molecule has 0 aliphatic heterocycles. The van der Waals surface area contributed by atoms with E-state index in [1.54, 1.807) is 0 Å². The number of aromatic amines is 1. The van der Waals surface area contributed by atoms with Crippen LogP contribution < -0.4 is 0 Å². The van der Waals surface area contributed by atoms with Gasteiger partial charge in [0.25, 0.3) is 0 Å². The highest BCUT2D eigenvalue weighted by molar-refractivity contribution is 5.71. The first kappa shape index (κ1) is 12.6. The largest absolute Gasteiger partial charge is 0.481 e. The fourth-order valence-corrected chi connectivity index (χ4v) is 3.58. The zero-order valence-corrected chi connectivity index (χ0v) is 11.1. The number of carboxylic acid groups (broad SMARTS) is 1. The first-order chi connectivity index (χ1) is 9.25. The molecule has 2 saturated carbocycles. The maximum atomic E-state index is 11.2. The van der Waals surface area contributed by atoms with Gasteiger partial charge in [0.15, 0.2) is 5.82 Å². The zero-order valence-electron chi connectivity index (χ0n) is 11.1. The number of aliphatic carboxylic acids is 1. The second-order valence-corrected chi connectivity index (χ2v) is 5.90. The second kappa shape index (κ2) is 5.31. The quantitative estimate of drug-likeness (QED) is 0.878. The van der Waals surface area contributed by atoms with Crippen molar-refractivity contribution in [2.75, 3.05) is 0 Å². The summed E-state index contributed by atoms with van der Waals surface area (Å²) in [6.45, 7) is 0. The van der Waals surface area contributed by atoms with Gasteiger partial charge in [0.1, 0.15) is 5.82 Å². The lowest BCUT2D eigenvalue weighted by atomic mass is 9.89. The van der Waals surface area contributed by atoms with Crippen LogP contribution >= 0.6 is 0 Å². The number of nitrogens with zero attached hydrogens (tertiary/aromatic N) is 2. The molecule has 2 N–H and O–H groups in total. The Kier molecular flexibility index (Phi) is 3.53. The van der Waals surface area contributed by atoms with Crippen molar-refractivity contribution in [3.8, 4) is 0 Å². The summed E-state index contributed by atoms with van der Waals surface area (Å²) in [5.74, 6) is 1.23. The average molecular weight is 263 g/mol. The Morgan fingerprint density at radius 1 is 1.11 bits per heavy atom. The van der Waals surface area contributed by atoms with E-state index in [1.807, 2.05) is 0 Å². The molecule has 0 radical (unpaired) electrons. The van der Waals surface area contributed by atoms with E-state index in [-0.39, 0.29) is 11.8 Å². The Hall–Kier alpha value is -1.39. The maximum absolute atomic E-state index is 11.2. The van der Waals surface area contributed by atoms with Gasteiger partial charge in [0.05, 0.1) is 5.92 Å². The molecule has 104 valence electrons. The molecule has 5 heteroatoms. The van der Waals surface area contributed by atoms with E-state index in [2.05, 4.69) is 15.2 Å². The highest BCUT2D eigenvalue weighted by atomic mass is 16.4. The Morgan fingerprint density at radius 3 is 2.63 bits per heavy atom. The van der Waals surface area contributed by atoms with E-state index in [1.165, 1.54) is 32.1 Å². The third kappa shape index (κ3) is 2.51. The summed E-state index contributed by atoms with van der Waals surface area (Å²) in [4.78, 5) is 15.9. The van der Waals surface area contributed by atoms with Gasteiger partial charge in [-0.25, -0.2) is 4.98 Å². The molecule has 3 rings (SSSR count). The molecule has 2 fully saturated rings. The van der Waals surface area contributed by atoms with Gasteiger partial charge in [-0.15, -0.1) is 0 Å². The summed E-state index contributed by atoms with van der Waals surface area (Å²) >= 11 is 0. The van der Waals surface area contributed by atoms with Crippen molar-refractivity contribution in [2.24, 2.45) is 5.92 Å². The van der Waals surface area contributed by atoms with Crippen molar-refractivity contribution in [2.45, 2.75) is 63.2 Å². The van der Waals surface area contributed by atoms with Crippen molar-refractivity contribution in [3.63, 3.8) is 0 Å². The highest BCUT2D eigenvalue weighted by Gasteiger charge is 2.36. The SMILES string of the molecule is O=C(O)C1CCCC1c1nc(C2CCCCC2)n[nH]1. The molecule has 0 spiro atoms. The van der Waals surface area contributed by atoms with Gasteiger partial charge < -0.3 is 5.11 Å². The summed E-state index contributed by atoms with van der Waals surface area (Å²) in [6.07, 6.45) is 8.83. The lowest BCUT2D eigenvalue weighted by Crippen LogP contribution is -2.17. The number of carboxylic acids is 1. The smallest absolute Gasteiger partial charge is 0.307 e. The molecule has 0 saturated heterocycles. The van der Waals surface area contributed by atoms with E-state index in [0.29, 0.717) is 5.92 Å². The van der Waals surface area contributed by atoms with Crippen molar-refractivity contribution >= 4 is 5.97 Å². The number of hydrogen-bond donors (Lipinski definition) is 2.